The number of rotatable bonds is 4. The van der Waals surface area contributed by atoms with Gasteiger partial charge in [0.2, 0.25) is 5.82 Å². The van der Waals surface area contributed by atoms with Crippen molar-refractivity contribution in [2.75, 3.05) is 11.5 Å². The fraction of sp³-hybridized carbons (Fsp3) is 0.0714. The number of nitrogens with zero attached hydrogens (tertiary/aromatic N) is 5. The van der Waals surface area contributed by atoms with Crippen molar-refractivity contribution in [3.63, 3.8) is 0 Å². The number of nitrogens with two attached hydrogens (primary N) is 2. The first-order valence-electron chi connectivity index (χ1n) is 6.87. The Morgan fingerprint density at radius 1 is 1.17 bits per heavy atom. The van der Waals surface area contributed by atoms with Crippen molar-refractivity contribution in [3.8, 4) is 5.82 Å². The number of hydrogen-bond acceptors (Lipinski definition) is 7. The summed E-state index contributed by atoms with van der Waals surface area (Å²) < 4.78 is 0. The molecule has 0 unspecified atom stereocenters. The second kappa shape index (κ2) is 6.50. The first kappa shape index (κ1) is 15.7. The topological polar surface area (TPSA) is 138 Å². The lowest BCUT2D eigenvalue weighted by Gasteiger charge is -2.10. The fourth-order valence-corrected chi connectivity index (χ4v) is 2.19. The first-order chi connectivity index (χ1) is 11.6. The molecule has 0 fully saturated rings. The molecule has 24 heavy (non-hydrogen) atoms. The summed E-state index contributed by atoms with van der Waals surface area (Å²) in [4.78, 5) is 21.5. The molecule has 5 N–H and O–H groups in total. The van der Waals surface area contributed by atoms with Crippen molar-refractivity contribution >= 4 is 29.0 Å². The summed E-state index contributed by atoms with van der Waals surface area (Å²) >= 11 is 6.05. The summed E-state index contributed by atoms with van der Waals surface area (Å²) in [6.07, 6.45) is 2.91. The van der Waals surface area contributed by atoms with Crippen molar-refractivity contribution < 1.29 is 4.79 Å². The molecule has 122 valence electrons. The highest BCUT2D eigenvalue weighted by molar-refractivity contribution is 6.31. The van der Waals surface area contributed by atoms with Crippen LogP contribution in [0.4, 0.5) is 11.5 Å². The number of para-hydroxylation sites is 1. The van der Waals surface area contributed by atoms with E-state index in [1.54, 1.807) is 6.07 Å². The number of nitrogen functional groups attached to an aromatic ring is 2. The summed E-state index contributed by atoms with van der Waals surface area (Å²) in [5, 5.41) is 10.4. The monoisotopic (exact) mass is 344 g/mol. The zero-order valence-corrected chi connectivity index (χ0v) is 13.1. The van der Waals surface area contributed by atoms with Gasteiger partial charge in [-0.25, -0.2) is 9.97 Å². The molecule has 0 saturated carbocycles. The lowest BCUT2D eigenvalue weighted by Crippen LogP contribution is -2.26. The van der Waals surface area contributed by atoms with Crippen LogP contribution in [-0.2, 0) is 6.54 Å². The molecule has 2 aromatic heterocycles. The third kappa shape index (κ3) is 3.10. The van der Waals surface area contributed by atoms with Crippen LogP contribution in [0.25, 0.3) is 5.82 Å². The third-order valence-corrected chi connectivity index (χ3v) is 3.43. The van der Waals surface area contributed by atoms with Crippen LogP contribution in [0.2, 0.25) is 5.15 Å². The standard InChI is InChI=1S/C14H13ClN8O/c15-11-13(23-19-5-6-20-23)22-12(17)10(21-11)14(24)18-7-8-3-1-2-4-9(8)16/h1-6H,7,16H2,(H2,17,22)(H,18,24). The highest BCUT2D eigenvalue weighted by Gasteiger charge is 2.18. The van der Waals surface area contributed by atoms with Gasteiger partial charge in [-0.3, -0.25) is 4.79 Å². The number of nitrogens with one attached hydrogen (secondary N) is 1. The van der Waals surface area contributed by atoms with Gasteiger partial charge in [0.15, 0.2) is 16.7 Å². The maximum absolute atomic E-state index is 12.3. The molecular formula is C14H13ClN8O. The van der Waals surface area contributed by atoms with E-state index in [9.17, 15) is 4.79 Å². The fourth-order valence-electron chi connectivity index (χ4n) is 1.99. The molecule has 9 nitrogen and oxygen atoms in total. The molecule has 1 aromatic carbocycles. The maximum atomic E-state index is 12.3. The average Bonchev–Trinajstić information content (AvgIpc) is 3.10. The van der Waals surface area contributed by atoms with E-state index in [4.69, 9.17) is 23.1 Å². The van der Waals surface area contributed by atoms with Crippen molar-refractivity contribution in [1.82, 2.24) is 30.3 Å². The third-order valence-electron chi connectivity index (χ3n) is 3.18. The molecule has 3 rings (SSSR count). The maximum Gasteiger partial charge on any atom is 0.274 e. The SMILES string of the molecule is Nc1ccccc1CNC(=O)c1nc(Cl)c(-n2nccn2)nc1N. The number of aromatic nitrogens is 5. The van der Waals surface area contributed by atoms with Gasteiger partial charge < -0.3 is 16.8 Å². The molecule has 3 aromatic rings. The van der Waals surface area contributed by atoms with Gasteiger partial charge in [-0.2, -0.15) is 10.2 Å². The Kier molecular flexibility index (Phi) is 4.25. The molecule has 0 saturated heterocycles. The van der Waals surface area contributed by atoms with E-state index in [0.717, 1.165) is 10.4 Å². The molecule has 0 atom stereocenters. The van der Waals surface area contributed by atoms with E-state index in [1.807, 2.05) is 18.2 Å². The zero-order valence-electron chi connectivity index (χ0n) is 12.3. The highest BCUT2D eigenvalue weighted by atomic mass is 35.5. The molecule has 10 heteroatoms. The molecule has 2 heterocycles. The predicted molar refractivity (Wildman–Crippen MR) is 88.4 cm³/mol. The number of amides is 1. The summed E-state index contributed by atoms with van der Waals surface area (Å²) in [5.41, 5.74) is 12.9. The van der Waals surface area contributed by atoms with Gasteiger partial charge in [0.25, 0.3) is 5.91 Å². The van der Waals surface area contributed by atoms with Crippen LogP contribution >= 0.6 is 11.6 Å². The van der Waals surface area contributed by atoms with E-state index in [-0.39, 0.29) is 29.0 Å². The number of carbonyl (C=O) groups is 1. The van der Waals surface area contributed by atoms with Crippen molar-refractivity contribution in [2.24, 2.45) is 0 Å². The predicted octanol–water partition coefficient (Wildman–Crippen LogP) is 0.805. The van der Waals surface area contributed by atoms with Gasteiger partial charge in [0.05, 0.1) is 12.4 Å². The van der Waals surface area contributed by atoms with Gasteiger partial charge in [-0.15, -0.1) is 4.80 Å². The van der Waals surface area contributed by atoms with Gasteiger partial charge in [-0.05, 0) is 11.6 Å². The van der Waals surface area contributed by atoms with Gasteiger partial charge >= 0.3 is 0 Å². The Morgan fingerprint density at radius 2 is 1.88 bits per heavy atom. The normalized spacial score (nSPS) is 10.5. The van der Waals surface area contributed by atoms with Gasteiger partial charge in [0.1, 0.15) is 0 Å². The Hall–Kier alpha value is -3.20. The highest BCUT2D eigenvalue weighted by Crippen LogP contribution is 2.18. The van der Waals surface area contributed by atoms with Crippen LogP contribution in [0.1, 0.15) is 16.1 Å². The summed E-state index contributed by atoms with van der Waals surface area (Å²) in [6.45, 7) is 0.229. The Morgan fingerprint density at radius 3 is 2.58 bits per heavy atom. The largest absolute Gasteiger partial charge is 0.398 e. The van der Waals surface area contributed by atoms with E-state index in [2.05, 4.69) is 25.5 Å². The molecule has 0 bridgehead atoms. The van der Waals surface area contributed by atoms with E-state index in [1.165, 1.54) is 12.4 Å². The second-order valence-corrected chi connectivity index (χ2v) is 5.13. The summed E-state index contributed by atoms with van der Waals surface area (Å²) in [7, 11) is 0. The molecule has 0 aliphatic heterocycles. The van der Waals surface area contributed by atoms with E-state index in [0.29, 0.717) is 5.69 Å². The Labute approximate surface area is 141 Å². The quantitative estimate of drug-likeness (QED) is 0.595. The molecular weight excluding hydrogens is 332 g/mol. The Bertz CT molecular complexity index is 880. The van der Waals surface area contributed by atoms with Crippen LogP contribution in [0.15, 0.2) is 36.7 Å². The van der Waals surface area contributed by atoms with Crippen LogP contribution in [-0.4, -0.2) is 30.9 Å². The minimum atomic E-state index is -0.509. The lowest BCUT2D eigenvalue weighted by atomic mass is 10.2. The minimum Gasteiger partial charge on any atom is -0.398 e. The molecule has 0 radical (unpaired) electrons. The van der Waals surface area contributed by atoms with Crippen LogP contribution < -0.4 is 16.8 Å². The molecule has 1 amide bonds. The van der Waals surface area contributed by atoms with E-state index < -0.39 is 5.91 Å². The average molecular weight is 345 g/mol. The molecule has 0 aliphatic rings. The number of benzene rings is 1. The molecule has 0 spiro atoms. The van der Waals surface area contributed by atoms with Crippen molar-refractivity contribution in [3.05, 3.63) is 53.1 Å². The lowest BCUT2D eigenvalue weighted by molar-refractivity contribution is 0.0946. The van der Waals surface area contributed by atoms with Crippen molar-refractivity contribution in [1.29, 1.82) is 0 Å². The first-order valence-corrected chi connectivity index (χ1v) is 7.25. The minimum absolute atomic E-state index is 0.0372. The van der Waals surface area contributed by atoms with Crippen LogP contribution in [0.3, 0.4) is 0 Å². The summed E-state index contributed by atoms with van der Waals surface area (Å²) in [5.74, 6) is -0.446. The number of anilines is 2. The number of carbonyl (C=O) groups excluding carboxylic acids is 1. The van der Waals surface area contributed by atoms with Crippen molar-refractivity contribution in [2.45, 2.75) is 6.54 Å². The smallest absolute Gasteiger partial charge is 0.274 e. The number of hydrogen-bond donors (Lipinski definition) is 3. The zero-order chi connectivity index (χ0) is 17.1. The number of halogens is 1. The summed E-state index contributed by atoms with van der Waals surface area (Å²) in [6, 6.07) is 7.20. The van der Waals surface area contributed by atoms with Gasteiger partial charge in [-0.1, -0.05) is 29.8 Å². The second-order valence-electron chi connectivity index (χ2n) is 4.77. The van der Waals surface area contributed by atoms with Crippen LogP contribution in [0.5, 0.6) is 0 Å². The van der Waals surface area contributed by atoms with Gasteiger partial charge in [0, 0.05) is 12.2 Å². The Balaban J connectivity index is 1.80. The molecule has 0 aliphatic carbocycles. The van der Waals surface area contributed by atoms with Crippen LogP contribution in [0, 0.1) is 0 Å². The van der Waals surface area contributed by atoms with E-state index >= 15 is 0 Å².